The fourth-order valence-corrected chi connectivity index (χ4v) is 2.95. The largest absolute Gasteiger partial charge is 0.398 e. The van der Waals surface area contributed by atoms with Crippen LogP contribution in [0.3, 0.4) is 0 Å². The van der Waals surface area contributed by atoms with E-state index < -0.39 is 5.82 Å². The molecule has 1 amide bonds. The van der Waals surface area contributed by atoms with E-state index in [0.717, 1.165) is 11.5 Å². The minimum Gasteiger partial charge on any atom is -0.398 e. The van der Waals surface area contributed by atoms with Crippen molar-refractivity contribution >= 4 is 39.3 Å². The molecule has 0 saturated carbocycles. The minimum absolute atomic E-state index is 0.186. The maximum Gasteiger partial charge on any atom is 0.256 e. The summed E-state index contributed by atoms with van der Waals surface area (Å²) in [6, 6.07) is 2.63. The molecular weight excluding hydrogens is 307 g/mol. The third-order valence-corrected chi connectivity index (χ3v) is 4.17. The number of hydrogen-bond acceptors (Lipinski definition) is 3. The van der Waals surface area contributed by atoms with Crippen molar-refractivity contribution in [2.75, 3.05) is 30.3 Å². The lowest BCUT2D eigenvalue weighted by molar-refractivity contribution is 0.0773. The smallest absolute Gasteiger partial charge is 0.256 e. The summed E-state index contributed by atoms with van der Waals surface area (Å²) in [4.78, 5) is 13.9. The summed E-state index contributed by atoms with van der Waals surface area (Å²) >= 11 is 4.86. The average Bonchev–Trinajstić information content (AvgIpc) is 2.34. The van der Waals surface area contributed by atoms with Crippen LogP contribution < -0.4 is 5.73 Å². The van der Waals surface area contributed by atoms with Crippen molar-refractivity contribution in [1.29, 1.82) is 0 Å². The molecular formula is C11H12BrFN2OS. The predicted octanol–water partition coefficient (Wildman–Crippen LogP) is 2.36. The van der Waals surface area contributed by atoms with Crippen molar-refractivity contribution in [2.24, 2.45) is 0 Å². The molecule has 17 heavy (non-hydrogen) atoms. The van der Waals surface area contributed by atoms with Crippen LogP contribution in [0.25, 0.3) is 0 Å². The molecule has 0 unspecified atom stereocenters. The summed E-state index contributed by atoms with van der Waals surface area (Å²) in [5.41, 5.74) is 6.30. The maximum atomic E-state index is 13.4. The number of hydrogen-bond donors (Lipinski definition) is 1. The molecule has 6 heteroatoms. The van der Waals surface area contributed by atoms with E-state index in [4.69, 9.17) is 5.73 Å². The Bertz CT molecular complexity index is 449. The van der Waals surface area contributed by atoms with Gasteiger partial charge in [0.1, 0.15) is 5.82 Å². The average molecular weight is 319 g/mol. The van der Waals surface area contributed by atoms with Crippen molar-refractivity contribution in [1.82, 2.24) is 4.90 Å². The quantitative estimate of drug-likeness (QED) is 0.809. The number of thioether (sulfide) groups is 1. The van der Waals surface area contributed by atoms with Gasteiger partial charge in [-0.2, -0.15) is 11.8 Å². The lowest BCUT2D eigenvalue weighted by Crippen LogP contribution is -2.38. The second kappa shape index (κ2) is 5.27. The Morgan fingerprint density at radius 2 is 2.06 bits per heavy atom. The van der Waals surface area contributed by atoms with Crippen LogP contribution >= 0.6 is 27.7 Å². The van der Waals surface area contributed by atoms with E-state index in [1.807, 2.05) is 11.8 Å². The van der Waals surface area contributed by atoms with E-state index in [9.17, 15) is 9.18 Å². The third-order valence-electron chi connectivity index (χ3n) is 2.62. The molecule has 0 atom stereocenters. The summed E-state index contributed by atoms with van der Waals surface area (Å²) < 4.78 is 13.7. The number of nitrogen functional groups attached to an aromatic ring is 1. The number of nitrogens with zero attached hydrogens (tertiary/aromatic N) is 1. The van der Waals surface area contributed by atoms with E-state index in [-0.39, 0.29) is 15.9 Å². The molecule has 0 spiro atoms. The monoisotopic (exact) mass is 318 g/mol. The van der Waals surface area contributed by atoms with Crippen molar-refractivity contribution in [3.05, 3.63) is 28.0 Å². The zero-order chi connectivity index (χ0) is 12.4. The molecule has 1 aromatic rings. The Balaban J connectivity index is 2.26. The van der Waals surface area contributed by atoms with Gasteiger partial charge >= 0.3 is 0 Å². The first-order chi connectivity index (χ1) is 8.09. The normalized spacial score (nSPS) is 16.0. The highest BCUT2D eigenvalue weighted by Gasteiger charge is 2.21. The van der Waals surface area contributed by atoms with E-state index in [0.29, 0.717) is 18.8 Å². The predicted molar refractivity (Wildman–Crippen MR) is 71.7 cm³/mol. The van der Waals surface area contributed by atoms with Gasteiger partial charge in [-0.15, -0.1) is 0 Å². The van der Waals surface area contributed by atoms with E-state index in [1.54, 1.807) is 4.90 Å². The number of nitrogens with two attached hydrogens (primary N) is 1. The highest BCUT2D eigenvalue weighted by molar-refractivity contribution is 9.10. The highest BCUT2D eigenvalue weighted by atomic mass is 79.9. The van der Waals surface area contributed by atoms with Crippen molar-refractivity contribution in [2.45, 2.75) is 0 Å². The van der Waals surface area contributed by atoms with Gasteiger partial charge in [0.15, 0.2) is 0 Å². The van der Waals surface area contributed by atoms with Crippen molar-refractivity contribution in [3.63, 3.8) is 0 Å². The van der Waals surface area contributed by atoms with Crippen LogP contribution in [0.4, 0.5) is 10.1 Å². The van der Waals surface area contributed by atoms with Gasteiger partial charge in [-0.05, 0) is 28.1 Å². The zero-order valence-electron chi connectivity index (χ0n) is 9.08. The molecule has 0 radical (unpaired) electrons. The van der Waals surface area contributed by atoms with Crippen LogP contribution in [-0.2, 0) is 0 Å². The molecule has 1 aliphatic rings. The van der Waals surface area contributed by atoms with Crippen molar-refractivity contribution in [3.8, 4) is 0 Å². The molecule has 0 bridgehead atoms. The lowest BCUT2D eigenvalue weighted by Gasteiger charge is -2.26. The Morgan fingerprint density at radius 1 is 1.41 bits per heavy atom. The van der Waals surface area contributed by atoms with Crippen molar-refractivity contribution < 1.29 is 9.18 Å². The van der Waals surface area contributed by atoms with Gasteiger partial charge in [0.05, 0.1) is 10.0 Å². The summed E-state index contributed by atoms with van der Waals surface area (Å²) in [6.45, 7) is 1.39. The van der Waals surface area contributed by atoms with Gasteiger partial charge in [-0.1, -0.05) is 0 Å². The van der Waals surface area contributed by atoms with Crippen LogP contribution in [0, 0.1) is 5.82 Å². The Morgan fingerprint density at radius 3 is 2.71 bits per heavy atom. The number of carbonyl (C=O) groups excluding carboxylic acids is 1. The number of halogens is 2. The highest BCUT2D eigenvalue weighted by Crippen LogP contribution is 2.24. The molecule has 0 aliphatic carbocycles. The molecule has 1 aliphatic heterocycles. The molecule has 1 saturated heterocycles. The molecule has 92 valence electrons. The summed E-state index contributed by atoms with van der Waals surface area (Å²) in [5.74, 6) is 1.19. The first kappa shape index (κ1) is 12.7. The third kappa shape index (κ3) is 2.74. The van der Waals surface area contributed by atoms with Gasteiger partial charge in [-0.3, -0.25) is 4.79 Å². The Kier molecular flexibility index (Phi) is 3.93. The van der Waals surface area contributed by atoms with Crippen LogP contribution in [-0.4, -0.2) is 35.4 Å². The number of rotatable bonds is 1. The first-order valence-corrected chi connectivity index (χ1v) is 7.16. The number of anilines is 1. The van der Waals surface area contributed by atoms with E-state index >= 15 is 0 Å². The fourth-order valence-electron chi connectivity index (χ4n) is 1.68. The summed E-state index contributed by atoms with van der Waals surface area (Å²) in [6.07, 6.45) is 0. The summed E-state index contributed by atoms with van der Waals surface area (Å²) in [7, 11) is 0. The zero-order valence-corrected chi connectivity index (χ0v) is 11.5. The fraction of sp³-hybridized carbons (Fsp3) is 0.364. The SMILES string of the molecule is Nc1cc(Br)c(F)cc1C(=O)N1CCSCC1. The maximum absolute atomic E-state index is 13.4. The Labute approximate surface area is 112 Å². The molecule has 1 heterocycles. The molecule has 1 aromatic carbocycles. The topological polar surface area (TPSA) is 46.3 Å². The van der Waals surface area contributed by atoms with Gasteiger partial charge in [-0.25, -0.2) is 4.39 Å². The van der Waals surface area contributed by atoms with E-state index in [2.05, 4.69) is 15.9 Å². The minimum atomic E-state index is -0.464. The van der Waals surface area contributed by atoms with Crippen LogP contribution in [0.5, 0.6) is 0 Å². The van der Waals surface area contributed by atoms with Gasteiger partial charge < -0.3 is 10.6 Å². The van der Waals surface area contributed by atoms with Gasteiger partial charge in [0, 0.05) is 30.3 Å². The molecule has 2 N–H and O–H groups in total. The van der Waals surface area contributed by atoms with Crippen LogP contribution in [0.2, 0.25) is 0 Å². The van der Waals surface area contributed by atoms with Gasteiger partial charge in [0.2, 0.25) is 0 Å². The molecule has 0 aromatic heterocycles. The number of benzene rings is 1. The molecule has 1 fully saturated rings. The second-order valence-electron chi connectivity index (χ2n) is 3.76. The van der Waals surface area contributed by atoms with Crippen LogP contribution in [0.1, 0.15) is 10.4 Å². The van der Waals surface area contributed by atoms with Gasteiger partial charge in [0.25, 0.3) is 5.91 Å². The second-order valence-corrected chi connectivity index (χ2v) is 5.84. The lowest BCUT2D eigenvalue weighted by atomic mass is 10.1. The number of amides is 1. The molecule has 3 nitrogen and oxygen atoms in total. The molecule has 2 rings (SSSR count). The Hall–Kier alpha value is -0.750. The standard InChI is InChI=1S/C11H12BrFN2OS/c12-8-6-10(14)7(5-9(8)13)11(16)15-1-3-17-4-2-15/h5-6H,1-4,14H2. The van der Waals surface area contributed by atoms with Crippen LogP contribution in [0.15, 0.2) is 16.6 Å². The summed E-state index contributed by atoms with van der Waals surface area (Å²) in [5, 5.41) is 0. The number of carbonyl (C=O) groups is 1. The first-order valence-electron chi connectivity index (χ1n) is 5.21. The van der Waals surface area contributed by atoms with E-state index in [1.165, 1.54) is 12.1 Å².